The topological polar surface area (TPSA) is 69.6 Å². The lowest BCUT2D eigenvalue weighted by Crippen LogP contribution is -2.45. The first-order chi connectivity index (χ1) is 40.7. The Hall–Kier alpha value is -3.21. The molecule has 0 aliphatic heterocycles. The fraction of sp³-hybridized carbons (Fsp3) is 0.731. The third-order valence-electron chi connectivity index (χ3n) is 16.0. The van der Waals surface area contributed by atoms with Gasteiger partial charge in [0.05, 0.1) is 18.8 Å². The van der Waals surface area contributed by atoms with Crippen molar-refractivity contribution in [1.29, 1.82) is 0 Å². The minimum atomic E-state index is -0.852. The van der Waals surface area contributed by atoms with Crippen LogP contribution in [0.4, 0.5) is 0 Å². The van der Waals surface area contributed by atoms with Crippen LogP contribution in [0.25, 0.3) is 0 Å². The summed E-state index contributed by atoms with van der Waals surface area (Å²) in [6.07, 6.45) is 110. The molecule has 0 aromatic rings. The average molecular weight is 1140 g/mol. The van der Waals surface area contributed by atoms with E-state index in [4.69, 9.17) is 0 Å². The number of carbonyl (C=O) groups is 1. The van der Waals surface area contributed by atoms with Gasteiger partial charge >= 0.3 is 0 Å². The van der Waals surface area contributed by atoms with Crippen molar-refractivity contribution in [3.05, 3.63) is 122 Å². The maximum Gasteiger partial charge on any atom is 0.220 e. The molecule has 1 amide bonds. The number of aliphatic hydroxyl groups excluding tert-OH is 2. The van der Waals surface area contributed by atoms with E-state index in [1.807, 2.05) is 6.08 Å². The smallest absolute Gasteiger partial charge is 0.220 e. The molecule has 0 aliphatic rings. The summed E-state index contributed by atoms with van der Waals surface area (Å²) in [5.41, 5.74) is 0. The molecule has 0 aromatic carbocycles. The van der Waals surface area contributed by atoms with E-state index in [0.717, 1.165) is 89.9 Å². The molecule has 0 aliphatic carbocycles. The van der Waals surface area contributed by atoms with Gasteiger partial charge in [0, 0.05) is 6.42 Å². The number of aliphatic hydroxyl groups is 2. The van der Waals surface area contributed by atoms with Crippen LogP contribution >= 0.6 is 0 Å². The number of unbranched alkanes of at least 4 members (excludes halogenated alkanes) is 40. The SMILES string of the molecule is CC/C=C\C/C=C\C/C=C\C/C=C\C/C=C\C/C=C\C/C=C\C/C=C\C/C=C\CCCCCCCCCCCC(=O)NC(CO)C(O)/C=C/CCCCCCCCCCCCCCCCCCCCCCCCCCCCCCCCC. The number of carbonyl (C=O) groups excluding carboxylic acids is 1. The Bertz CT molecular complexity index is 1570. The summed E-state index contributed by atoms with van der Waals surface area (Å²) in [5.74, 6) is -0.0710. The van der Waals surface area contributed by atoms with Crippen LogP contribution in [0.3, 0.4) is 0 Å². The molecule has 4 heteroatoms. The molecule has 82 heavy (non-hydrogen) atoms. The molecule has 0 aromatic heterocycles. The summed E-state index contributed by atoms with van der Waals surface area (Å²) in [7, 11) is 0. The third kappa shape index (κ3) is 67.6. The maximum absolute atomic E-state index is 12.5. The van der Waals surface area contributed by atoms with Crippen molar-refractivity contribution >= 4 is 5.91 Å². The highest BCUT2D eigenvalue weighted by Crippen LogP contribution is 2.18. The largest absolute Gasteiger partial charge is 0.394 e. The zero-order valence-corrected chi connectivity index (χ0v) is 54.5. The van der Waals surface area contributed by atoms with Crippen LogP contribution in [0.15, 0.2) is 122 Å². The summed E-state index contributed by atoms with van der Waals surface area (Å²) >= 11 is 0. The quantitative estimate of drug-likeness (QED) is 0.0420. The standard InChI is InChI=1S/C78H137NO3/c1-3-5-7-9-11-13-15-17-19-21-23-25-27-29-31-33-35-37-38-39-40-42-44-46-48-50-52-54-56-58-60-62-64-66-68-70-72-74-78(82)79-76(75-80)77(81)73-71-69-67-65-63-61-59-57-55-53-51-49-47-45-43-41-36-34-32-30-28-26-24-22-20-18-16-14-12-10-8-6-4-2/h5,7,11,13,17,19,23,25,29,31,35,37,39-40,44,46,50,52,71,73,76-77,80-81H,3-4,6,8-10,12,14-16,18,20-22,24,26-28,30,32-34,36,38,41-43,45,47-49,51,53-70,72,74-75H2,1-2H3,(H,79,82)/b7-5-,13-11-,19-17-,25-23-,31-29-,37-35-,40-39-,46-44-,52-50-,73-71+. The van der Waals surface area contributed by atoms with Crippen LogP contribution in [0, 0.1) is 0 Å². The summed E-state index contributed by atoms with van der Waals surface area (Å²) in [4.78, 5) is 12.5. The van der Waals surface area contributed by atoms with E-state index in [0.29, 0.717) is 6.42 Å². The highest BCUT2D eigenvalue weighted by atomic mass is 16.3. The Morgan fingerprint density at radius 1 is 0.305 bits per heavy atom. The number of amides is 1. The highest BCUT2D eigenvalue weighted by Gasteiger charge is 2.18. The first-order valence-electron chi connectivity index (χ1n) is 35.7. The van der Waals surface area contributed by atoms with Crippen molar-refractivity contribution in [3.8, 4) is 0 Å². The number of hydrogen-bond acceptors (Lipinski definition) is 3. The molecule has 0 saturated carbocycles. The van der Waals surface area contributed by atoms with E-state index in [2.05, 4.69) is 129 Å². The number of hydrogen-bond donors (Lipinski definition) is 3. The van der Waals surface area contributed by atoms with Gasteiger partial charge in [-0.25, -0.2) is 0 Å². The molecule has 3 N–H and O–H groups in total. The lowest BCUT2D eigenvalue weighted by Gasteiger charge is -2.20. The molecule has 0 bridgehead atoms. The molecule has 472 valence electrons. The molecule has 4 nitrogen and oxygen atoms in total. The van der Waals surface area contributed by atoms with E-state index in [9.17, 15) is 15.0 Å². The summed E-state index contributed by atoms with van der Waals surface area (Å²) in [6, 6.07) is -0.636. The Kier molecular flexibility index (Phi) is 69.2. The Labute approximate surface area is 511 Å². The average Bonchev–Trinajstić information content (AvgIpc) is 3.50. The summed E-state index contributed by atoms with van der Waals surface area (Å²) in [5, 5.41) is 23.3. The lowest BCUT2D eigenvalue weighted by atomic mass is 10.0. The lowest BCUT2D eigenvalue weighted by molar-refractivity contribution is -0.123. The van der Waals surface area contributed by atoms with Crippen LogP contribution in [0.1, 0.15) is 348 Å². The second kappa shape index (κ2) is 72.1. The van der Waals surface area contributed by atoms with Gasteiger partial charge in [0.15, 0.2) is 0 Å². The Morgan fingerprint density at radius 3 is 0.805 bits per heavy atom. The number of rotatable bonds is 65. The summed E-state index contributed by atoms with van der Waals surface area (Å²) in [6.45, 7) is 4.22. The van der Waals surface area contributed by atoms with E-state index < -0.39 is 12.1 Å². The third-order valence-corrected chi connectivity index (χ3v) is 16.0. The van der Waals surface area contributed by atoms with E-state index in [-0.39, 0.29) is 12.5 Å². The van der Waals surface area contributed by atoms with Gasteiger partial charge in [-0.15, -0.1) is 0 Å². The molecular weight excluding hydrogens is 999 g/mol. The molecule has 0 radical (unpaired) electrons. The van der Waals surface area contributed by atoms with Crippen molar-refractivity contribution in [3.63, 3.8) is 0 Å². The van der Waals surface area contributed by atoms with Crippen LogP contribution in [0.2, 0.25) is 0 Å². The fourth-order valence-corrected chi connectivity index (χ4v) is 10.6. The molecule has 0 spiro atoms. The molecule has 0 rings (SSSR count). The van der Waals surface area contributed by atoms with Crippen LogP contribution in [-0.2, 0) is 4.79 Å². The van der Waals surface area contributed by atoms with E-state index in [1.165, 1.54) is 238 Å². The van der Waals surface area contributed by atoms with Gasteiger partial charge in [0.2, 0.25) is 5.91 Å². The Balaban J connectivity index is 3.53. The molecule has 2 unspecified atom stereocenters. The maximum atomic E-state index is 12.5. The first-order valence-corrected chi connectivity index (χ1v) is 35.7. The minimum absolute atomic E-state index is 0.0710. The van der Waals surface area contributed by atoms with Gasteiger partial charge in [-0.2, -0.15) is 0 Å². The van der Waals surface area contributed by atoms with Crippen LogP contribution in [-0.4, -0.2) is 34.9 Å². The predicted octanol–water partition coefficient (Wildman–Crippen LogP) is 24.7. The van der Waals surface area contributed by atoms with Gasteiger partial charge in [-0.05, 0) is 89.9 Å². The van der Waals surface area contributed by atoms with Crippen molar-refractivity contribution in [2.75, 3.05) is 6.61 Å². The molecule has 0 saturated heterocycles. The second-order valence-corrected chi connectivity index (χ2v) is 23.9. The van der Waals surface area contributed by atoms with E-state index >= 15 is 0 Å². The van der Waals surface area contributed by atoms with Crippen molar-refractivity contribution in [1.82, 2.24) is 5.32 Å². The fourth-order valence-electron chi connectivity index (χ4n) is 10.6. The van der Waals surface area contributed by atoms with Gasteiger partial charge in [-0.3, -0.25) is 4.79 Å². The Morgan fingerprint density at radius 2 is 0.537 bits per heavy atom. The van der Waals surface area contributed by atoms with Crippen molar-refractivity contribution < 1.29 is 15.0 Å². The zero-order chi connectivity index (χ0) is 59.1. The minimum Gasteiger partial charge on any atom is -0.394 e. The monoisotopic (exact) mass is 1140 g/mol. The molecular formula is C78H137NO3. The number of allylic oxidation sites excluding steroid dienone is 19. The van der Waals surface area contributed by atoms with Gasteiger partial charge in [0.25, 0.3) is 0 Å². The van der Waals surface area contributed by atoms with Crippen molar-refractivity contribution in [2.24, 2.45) is 0 Å². The zero-order valence-electron chi connectivity index (χ0n) is 54.5. The predicted molar refractivity (Wildman–Crippen MR) is 368 cm³/mol. The second-order valence-electron chi connectivity index (χ2n) is 23.9. The van der Waals surface area contributed by atoms with Gasteiger partial charge in [0.1, 0.15) is 0 Å². The van der Waals surface area contributed by atoms with Gasteiger partial charge < -0.3 is 15.5 Å². The van der Waals surface area contributed by atoms with Crippen molar-refractivity contribution in [2.45, 2.75) is 360 Å². The molecule has 2 atom stereocenters. The van der Waals surface area contributed by atoms with Crippen LogP contribution in [0.5, 0.6) is 0 Å². The van der Waals surface area contributed by atoms with Gasteiger partial charge in [-0.1, -0.05) is 373 Å². The first kappa shape index (κ1) is 78.8. The van der Waals surface area contributed by atoms with E-state index in [1.54, 1.807) is 6.08 Å². The summed E-state index contributed by atoms with van der Waals surface area (Å²) < 4.78 is 0. The highest BCUT2D eigenvalue weighted by molar-refractivity contribution is 5.76. The number of nitrogens with one attached hydrogen (secondary N) is 1. The van der Waals surface area contributed by atoms with Crippen LogP contribution < -0.4 is 5.32 Å². The molecule has 0 heterocycles. The molecule has 0 fully saturated rings. The normalized spacial score (nSPS) is 13.5.